The van der Waals surface area contributed by atoms with Crippen molar-refractivity contribution < 1.29 is 14.3 Å². The Morgan fingerprint density at radius 2 is 1.45 bits per heavy atom. The molecule has 6 nitrogen and oxygen atoms in total. The second-order valence-corrected chi connectivity index (χ2v) is 7.68. The number of hydrogen-bond donors (Lipinski definition) is 1. The molecule has 0 saturated carbocycles. The highest BCUT2D eigenvalue weighted by molar-refractivity contribution is 6.43. The molecule has 1 aromatic heterocycles. The van der Waals surface area contributed by atoms with Gasteiger partial charge in [0.25, 0.3) is 11.7 Å². The third-order valence-electron chi connectivity index (χ3n) is 5.42. The summed E-state index contributed by atoms with van der Waals surface area (Å²) in [6.45, 7) is 4.13. The number of Topliss-reactive ketones (excluding diaryl/α,β-unsaturated/α-hetero) is 1. The van der Waals surface area contributed by atoms with Crippen molar-refractivity contribution in [1.82, 2.24) is 15.1 Å². The minimum absolute atomic E-state index is 0.226. The van der Waals surface area contributed by atoms with Crippen molar-refractivity contribution in [2.75, 3.05) is 0 Å². The molecule has 166 valence electrons. The normalized spacial score (nSPS) is 10.6. The Balaban J connectivity index is 1.45. The number of carbonyl (C=O) groups is 2. The molecule has 6 heteroatoms. The van der Waals surface area contributed by atoms with Gasteiger partial charge in [-0.05, 0) is 49.2 Å². The first-order valence-electron chi connectivity index (χ1n) is 10.7. The molecule has 4 rings (SSSR count). The van der Waals surface area contributed by atoms with E-state index in [1.165, 1.54) is 0 Å². The van der Waals surface area contributed by atoms with E-state index in [-0.39, 0.29) is 6.54 Å². The van der Waals surface area contributed by atoms with Gasteiger partial charge in [0.1, 0.15) is 12.4 Å². The van der Waals surface area contributed by atoms with E-state index in [0.29, 0.717) is 23.6 Å². The molecule has 0 aliphatic rings. The van der Waals surface area contributed by atoms with Crippen LogP contribution in [0.1, 0.15) is 32.9 Å². The van der Waals surface area contributed by atoms with E-state index in [4.69, 9.17) is 4.74 Å². The summed E-state index contributed by atoms with van der Waals surface area (Å²) in [4.78, 5) is 25.7. The summed E-state index contributed by atoms with van der Waals surface area (Å²) in [6.07, 6.45) is 0. The quantitative estimate of drug-likeness (QED) is 0.323. The Morgan fingerprint density at radius 3 is 2.15 bits per heavy atom. The van der Waals surface area contributed by atoms with Crippen LogP contribution in [0.4, 0.5) is 0 Å². The molecule has 1 amide bonds. The molecule has 4 aromatic rings. The van der Waals surface area contributed by atoms with Gasteiger partial charge in [-0.3, -0.25) is 9.59 Å². The van der Waals surface area contributed by atoms with Crippen LogP contribution in [0.2, 0.25) is 0 Å². The molecular weight excluding hydrogens is 414 g/mol. The second kappa shape index (κ2) is 9.96. The fourth-order valence-corrected chi connectivity index (χ4v) is 3.71. The van der Waals surface area contributed by atoms with E-state index in [1.807, 2.05) is 84.9 Å². The number of para-hydroxylation sites is 2. The molecule has 0 atom stereocenters. The Morgan fingerprint density at radius 1 is 0.848 bits per heavy atom. The summed E-state index contributed by atoms with van der Waals surface area (Å²) in [5.41, 5.74) is 4.16. The zero-order chi connectivity index (χ0) is 23.2. The molecule has 0 aliphatic carbocycles. The lowest BCUT2D eigenvalue weighted by Crippen LogP contribution is -2.31. The van der Waals surface area contributed by atoms with Crippen molar-refractivity contribution in [2.45, 2.75) is 27.0 Å². The summed E-state index contributed by atoms with van der Waals surface area (Å²) < 4.78 is 7.53. The Labute approximate surface area is 192 Å². The summed E-state index contributed by atoms with van der Waals surface area (Å²) in [6, 6.07) is 26.8. The monoisotopic (exact) mass is 439 g/mol. The molecule has 0 spiro atoms. The maximum Gasteiger partial charge on any atom is 0.292 e. The van der Waals surface area contributed by atoms with Crippen LogP contribution in [0, 0.1) is 13.8 Å². The molecule has 0 bridgehead atoms. The highest BCUT2D eigenvalue weighted by Crippen LogP contribution is 2.19. The average Bonchev–Trinajstić information content (AvgIpc) is 3.16. The van der Waals surface area contributed by atoms with Crippen LogP contribution in [-0.4, -0.2) is 21.5 Å². The van der Waals surface area contributed by atoms with Gasteiger partial charge < -0.3 is 10.1 Å². The van der Waals surface area contributed by atoms with Crippen molar-refractivity contribution in [2.24, 2.45) is 0 Å². The third kappa shape index (κ3) is 5.01. The topological polar surface area (TPSA) is 73.2 Å². The second-order valence-electron chi connectivity index (χ2n) is 7.68. The van der Waals surface area contributed by atoms with Crippen molar-refractivity contribution >= 4 is 11.7 Å². The number of hydrogen-bond acceptors (Lipinski definition) is 4. The van der Waals surface area contributed by atoms with Gasteiger partial charge in [0, 0.05) is 6.54 Å². The van der Waals surface area contributed by atoms with Crippen molar-refractivity contribution in [3.8, 4) is 11.4 Å². The smallest absolute Gasteiger partial charge is 0.292 e. The molecule has 0 unspecified atom stereocenters. The average molecular weight is 440 g/mol. The predicted molar refractivity (Wildman–Crippen MR) is 126 cm³/mol. The summed E-state index contributed by atoms with van der Waals surface area (Å²) in [5, 5.41) is 7.23. The number of rotatable bonds is 8. The Kier molecular flexibility index (Phi) is 6.64. The number of benzene rings is 3. The SMILES string of the molecule is Cc1nn(-c2ccccc2)c(C)c1C(=O)C(=O)NCc1ccccc1COc1ccccc1. The molecule has 33 heavy (non-hydrogen) atoms. The number of ether oxygens (including phenoxy) is 1. The number of aryl methyl sites for hydroxylation is 1. The lowest BCUT2D eigenvalue weighted by atomic mass is 10.1. The standard InChI is InChI=1S/C27H25N3O3/c1-19-25(20(2)30(29-19)23-13-5-3-6-14-23)26(31)27(32)28-17-21-11-9-10-12-22(21)18-33-24-15-7-4-8-16-24/h3-16H,17-18H2,1-2H3,(H,28,32). The lowest BCUT2D eigenvalue weighted by molar-refractivity contribution is -0.117. The highest BCUT2D eigenvalue weighted by Gasteiger charge is 2.25. The molecule has 0 fully saturated rings. The van der Waals surface area contributed by atoms with Gasteiger partial charge in [-0.1, -0.05) is 60.7 Å². The van der Waals surface area contributed by atoms with Gasteiger partial charge in [0.05, 0.1) is 22.6 Å². The summed E-state index contributed by atoms with van der Waals surface area (Å²) in [7, 11) is 0. The molecule has 0 aliphatic heterocycles. The van der Waals surface area contributed by atoms with E-state index in [2.05, 4.69) is 10.4 Å². The summed E-state index contributed by atoms with van der Waals surface area (Å²) in [5.74, 6) is -0.481. The fraction of sp³-hybridized carbons (Fsp3) is 0.148. The molecule has 0 saturated heterocycles. The van der Waals surface area contributed by atoms with E-state index in [9.17, 15) is 9.59 Å². The fourth-order valence-electron chi connectivity index (χ4n) is 3.71. The number of nitrogens with zero attached hydrogens (tertiary/aromatic N) is 2. The first-order chi connectivity index (χ1) is 16.0. The number of carbonyl (C=O) groups excluding carboxylic acids is 2. The van der Waals surface area contributed by atoms with Gasteiger partial charge in [0.15, 0.2) is 0 Å². The first-order valence-corrected chi connectivity index (χ1v) is 10.7. The number of aromatic nitrogens is 2. The molecule has 1 N–H and O–H groups in total. The first kappa shape index (κ1) is 22.0. The maximum atomic E-state index is 13.0. The minimum atomic E-state index is -0.660. The van der Waals surface area contributed by atoms with Gasteiger partial charge in [-0.25, -0.2) is 4.68 Å². The van der Waals surface area contributed by atoms with E-state index in [1.54, 1.807) is 18.5 Å². The van der Waals surface area contributed by atoms with Crippen LogP contribution in [0.25, 0.3) is 5.69 Å². The van der Waals surface area contributed by atoms with E-state index >= 15 is 0 Å². The van der Waals surface area contributed by atoms with E-state index < -0.39 is 11.7 Å². The van der Waals surface area contributed by atoms with Crippen LogP contribution in [0.3, 0.4) is 0 Å². The molecule has 1 heterocycles. The van der Waals surface area contributed by atoms with Gasteiger partial charge >= 0.3 is 0 Å². The largest absolute Gasteiger partial charge is 0.489 e. The van der Waals surface area contributed by atoms with Crippen LogP contribution in [0.5, 0.6) is 5.75 Å². The lowest BCUT2D eigenvalue weighted by Gasteiger charge is -2.12. The van der Waals surface area contributed by atoms with E-state index in [0.717, 1.165) is 22.6 Å². The van der Waals surface area contributed by atoms with Crippen molar-refractivity contribution in [1.29, 1.82) is 0 Å². The number of ketones is 1. The minimum Gasteiger partial charge on any atom is -0.489 e. The van der Waals surface area contributed by atoms with Crippen molar-refractivity contribution in [3.05, 3.63) is 113 Å². The van der Waals surface area contributed by atoms with Crippen LogP contribution >= 0.6 is 0 Å². The molecule has 0 radical (unpaired) electrons. The van der Waals surface area contributed by atoms with Crippen LogP contribution in [-0.2, 0) is 17.9 Å². The predicted octanol–water partition coefficient (Wildman–Crippen LogP) is 4.57. The highest BCUT2D eigenvalue weighted by atomic mass is 16.5. The number of amides is 1. The van der Waals surface area contributed by atoms with Gasteiger partial charge in [-0.15, -0.1) is 0 Å². The van der Waals surface area contributed by atoms with Crippen LogP contribution in [0.15, 0.2) is 84.9 Å². The third-order valence-corrected chi connectivity index (χ3v) is 5.42. The van der Waals surface area contributed by atoms with Gasteiger partial charge in [-0.2, -0.15) is 5.10 Å². The Hall–Kier alpha value is -4.19. The van der Waals surface area contributed by atoms with Crippen molar-refractivity contribution in [3.63, 3.8) is 0 Å². The zero-order valence-corrected chi connectivity index (χ0v) is 18.6. The van der Waals surface area contributed by atoms with Crippen LogP contribution < -0.4 is 10.1 Å². The molecular formula is C27H25N3O3. The Bertz CT molecular complexity index is 1260. The maximum absolute atomic E-state index is 13.0. The summed E-state index contributed by atoms with van der Waals surface area (Å²) >= 11 is 0. The molecule has 3 aromatic carbocycles. The van der Waals surface area contributed by atoms with Gasteiger partial charge in [0.2, 0.25) is 0 Å². The number of nitrogens with one attached hydrogen (secondary N) is 1. The zero-order valence-electron chi connectivity index (χ0n) is 18.6.